The Morgan fingerprint density at radius 2 is 1.64 bits per heavy atom. The van der Waals surface area contributed by atoms with E-state index in [4.69, 9.17) is 0 Å². The van der Waals surface area contributed by atoms with E-state index in [-0.39, 0.29) is 70.1 Å². The van der Waals surface area contributed by atoms with E-state index in [0.29, 0.717) is 0 Å². The van der Waals surface area contributed by atoms with Crippen molar-refractivity contribution in [1.29, 1.82) is 0 Å². The minimum Gasteiger partial charge on any atom is -0.520 e. The second-order valence-electron chi connectivity index (χ2n) is 2.63. The van der Waals surface area contributed by atoms with Crippen LogP contribution < -0.4 is 68.8 Å². The van der Waals surface area contributed by atoms with Gasteiger partial charge >= 0.3 is 58.2 Å². The molecule has 1 atom stereocenters. The van der Waals surface area contributed by atoms with E-state index in [1.54, 1.807) is 6.92 Å². The summed E-state index contributed by atoms with van der Waals surface area (Å²) >= 11 is 0. The van der Waals surface area contributed by atoms with Gasteiger partial charge in [-0.05, 0) is 20.8 Å². The molecule has 0 bridgehead atoms. The van der Waals surface area contributed by atoms with Gasteiger partial charge in [-0.3, -0.25) is 4.79 Å². The molecule has 0 saturated carbocycles. The summed E-state index contributed by atoms with van der Waals surface area (Å²) in [4.78, 5) is 20.8. The number of carbonyl (C=O) groups is 1. The monoisotopic (exact) mass is 272 g/mol. The normalized spacial score (nSPS) is 10.1. The molecule has 0 aromatic rings. The van der Waals surface area contributed by atoms with E-state index in [0.717, 1.165) is 0 Å². The van der Waals surface area contributed by atoms with Gasteiger partial charge in [0, 0.05) is 6.04 Å². The number of rotatable bonds is 4. The van der Waals surface area contributed by atoms with Crippen LogP contribution in [0, 0.1) is 0 Å². The fourth-order valence-corrected chi connectivity index (χ4v) is 0.563. The zero-order chi connectivity index (χ0) is 10.9. The van der Waals surface area contributed by atoms with Gasteiger partial charge in [-0.15, -0.1) is 0 Å². The largest absolute Gasteiger partial charge is 1.00 e. The van der Waals surface area contributed by atoms with Crippen LogP contribution in [0.2, 0.25) is 0 Å². The molecule has 0 radical (unpaired) electrons. The minimum absolute atomic E-state index is 0. The van der Waals surface area contributed by atoms with E-state index in [1.807, 2.05) is 27.7 Å². The van der Waals surface area contributed by atoms with Crippen LogP contribution in [0.3, 0.4) is 0 Å². The summed E-state index contributed by atoms with van der Waals surface area (Å²) in [5, 5.41) is 4.88. The molecule has 0 aliphatic heterocycles. The van der Waals surface area contributed by atoms with Crippen LogP contribution >= 0.6 is 0 Å². The Hall–Kier alpha value is 0.745. The first kappa shape index (κ1) is 20.2. The molecule has 0 spiro atoms. The molecule has 1 unspecified atom stereocenters. The van der Waals surface area contributed by atoms with Crippen LogP contribution in [-0.4, -0.2) is 24.4 Å². The van der Waals surface area contributed by atoms with Crippen LogP contribution in [0.15, 0.2) is 0 Å². The van der Waals surface area contributed by atoms with E-state index in [2.05, 4.69) is 10.6 Å². The maximum Gasteiger partial charge on any atom is 1.00 e. The first-order chi connectivity index (χ1) is 6.07. The molecule has 0 aliphatic rings. The summed E-state index contributed by atoms with van der Waals surface area (Å²) in [6.45, 7) is 9.31. The zero-order valence-electron chi connectivity index (χ0n) is 9.97. The van der Waals surface area contributed by atoms with Crippen LogP contribution in [0.25, 0.3) is 0 Å². The van der Waals surface area contributed by atoms with Crippen LogP contribution in [0.4, 0.5) is 0 Å². The third-order valence-electron chi connectivity index (χ3n) is 1.10. The summed E-state index contributed by atoms with van der Waals surface area (Å²) < 4.78 is 0. The van der Waals surface area contributed by atoms with Crippen molar-refractivity contribution in [2.24, 2.45) is 0 Å². The van der Waals surface area contributed by atoms with Gasteiger partial charge in [0.1, 0.15) is 0 Å². The molecule has 0 rings (SSSR count). The summed E-state index contributed by atoms with van der Waals surface area (Å²) in [6, 6.07) is -0.409. The third-order valence-corrected chi connectivity index (χ3v) is 1.10. The van der Waals surface area contributed by atoms with Gasteiger partial charge in [-0.25, -0.2) is 0 Å². The first-order valence-electron chi connectivity index (χ1n) is 4.51. The minimum atomic E-state index is -0.505. The van der Waals surface area contributed by atoms with Gasteiger partial charge in [0.15, 0.2) is 0 Å². The average molecular weight is 273 g/mol. The molecule has 78 valence electrons. The molecule has 4 nitrogen and oxygen atoms in total. The SMILES string of the molecule is CC.CC(C)NC(=O)C(C)N[C-]=O.[Rb+]. The zero-order valence-corrected chi connectivity index (χ0v) is 14.9. The van der Waals surface area contributed by atoms with E-state index in [9.17, 15) is 9.59 Å². The van der Waals surface area contributed by atoms with Gasteiger partial charge < -0.3 is 15.4 Å². The molecule has 0 aromatic carbocycles. The smallest absolute Gasteiger partial charge is 0.520 e. The number of hydrogen-bond acceptors (Lipinski definition) is 2. The van der Waals surface area contributed by atoms with Crippen molar-refractivity contribution in [1.82, 2.24) is 10.6 Å². The van der Waals surface area contributed by atoms with E-state index < -0.39 is 6.04 Å². The van der Waals surface area contributed by atoms with Gasteiger partial charge in [0.2, 0.25) is 5.91 Å². The Kier molecular flexibility index (Phi) is 19.8. The van der Waals surface area contributed by atoms with Crippen molar-refractivity contribution in [3.05, 3.63) is 0 Å². The fourth-order valence-electron chi connectivity index (χ4n) is 0.563. The van der Waals surface area contributed by atoms with E-state index in [1.165, 1.54) is 6.41 Å². The molecule has 0 aromatic heterocycles. The molecule has 5 heteroatoms. The van der Waals surface area contributed by atoms with Crippen LogP contribution in [-0.2, 0) is 9.59 Å². The molecule has 0 fully saturated rings. The summed E-state index contributed by atoms with van der Waals surface area (Å²) in [5.41, 5.74) is 0. The summed E-state index contributed by atoms with van der Waals surface area (Å²) in [6.07, 6.45) is 1.46. The molecule has 0 heterocycles. The maximum atomic E-state index is 11.0. The summed E-state index contributed by atoms with van der Waals surface area (Å²) in [7, 11) is 0. The topological polar surface area (TPSA) is 58.2 Å². The molecule has 14 heavy (non-hydrogen) atoms. The Morgan fingerprint density at radius 3 is 1.93 bits per heavy atom. The fraction of sp³-hybridized carbons (Fsp3) is 0.778. The Balaban J connectivity index is -0.000000376. The molecule has 2 amide bonds. The standard InChI is InChI=1S/C7H13N2O2.C2H6.Rb/c1-5(2)9-7(11)6(3)8-4-10;1-2;/h5-6H,1-3H3,(H,8,10)(H,9,11);1-2H3;/q-1;;+1. The van der Waals surface area contributed by atoms with Crippen molar-refractivity contribution in [3.63, 3.8) is 0 Å². The van der Waals surface area contributed by atoms with Crippen molar-refractivity contribution >= 4 is 12.3 Å². The van der Waals surface area contributed by atoms with Crippen molar-refractivity contribution in [3.8, 4) is 0 Å². The molecule has 2 N–H and O–H groups in total. The molecule has 0 aliphatic carbocycles. The molecular formula is C9H19N2O2Rb. The van der Waals surface area contributed by atoms with Crippen LogP contribution in [0.5, 0.6) is 0 Å². The third kappa shape index (κ3) is 12.7. The Bertz CT molecular complexity index is 152. The number of nitrogens with one attached hydrogen (secondary N) is 2. The van der Waals surface area contributed by atoms with Gasteiger partial charge in [-0.2, -0.15) is 6.41 Å². The van der Waals surface area contributed by atoms with Crippen molar-refractivity contribution in [2.75, 3.05) is 0 Å². The van der Waals surface area contributed by atoms with Gasteiger partial charge in [0.25, 0.3) is 0 Å². The molecular weight excluding hydrogens is 254 g/mol. The van der Waals surface area contributed by atoms with Gasteiger partial charge in [0.05, 0.1) is 6.04 Å². The summed E-state index contributed by atoms with van der Waals surface area (Å²) in [5.74, 6) is -0.191. The number of amides is 2. The second kappa shape index (κ2) is 13.7. The second-order valence-corrected chi connectivity index (χ2v) is 2.63. The van der Waals surface area contributed by atoms with Crippen molar-refractivity contribution in [2.45, 2.75) is 46.7 Å². The average Bonchev–Trinajstić information content (AvgIpc) is 2.07. The van der Waals surface area contributed by atoms with Gasteiger partial charge in [-0.1, -0.05) is 13.8 Å². The van der Waals surface area contributed by atoms with Crippen molar-refractivity contribution < 1.29 is 67.8 Å². The maximum absolute atomic E-state index is 11.0. The van der Waals surface area contributed by atoms with Crippen LogP contribution in [0.1, 0.15) is 34.6 Å². The Labute approximate surface area is 135 Å². The number of hydrogen-bond donors (Lipinski definition) is 2. The predicted molar refractivity (Wildman–Crippen MR) is 52.9 cm³/mol. The first-order valence-corrected chi connectivity index (χ1v) is 4.51. The molecule has 0 saturated heterocycles. The quantitative estimate of drug-likeness (QED) is 0.442. The van der Waals surface area contributed by atoms with E-state index >= 15 is 0 Å². The number of carbonyl (C=O) groups excluding carboxylic acids is 2. The predicted octanol–water partition coefficient (Wildman–Crippen LogP) is -2.41. The Morgan fingerprint density at radius 1 is 1.21 bits per heavy atom.